The SMILES string of the molecule is COc1ccc(-c2nnc3ccc(OCCNS(=O)(=O)c4ccc(NC(=O)C(C)C)cc4)nn23)cc1OC. The maximum absolute atomic E-state index is 12.6. The van der Waals surface area contributed by atoms with Crippen molar-refractivity contribution in [1.29, 1.82) is 0 Å². The van der Waals surface area contributed by atoms with Gasteiger partial charge in [0.1, 0.15) is 6.61 Å². The minimum atomic E-state index is -3.77. The summed E-state index contributed by atoms with van der Waals surface area (Å²) in [6.07, 6.45) is 0. The van der Waals surface area contributed by atoms with Crippen LogP contribution in [0.2, 0.25) is 0 Å². The highest BCUT2D eigenvalue weighted by Crippen LogP contribution is 2.31. The molecular formula is C25H28N6O6S. The fourth-order valence-corrected chi connectivity index (χ4v) is 4.44. The summed E-state index contributed by atoms with van der Waals surface area (Å²) in [5, 5.41) is 15.5. The molecule has 0 fully saturated rings. The van der Waals surface area contributed by atoms with Crippen molar-refractivity contribution >= 4 is 27.3 Å². The number of amides is 1. The van der Waals surface area contributed by atoms with Gasteiger partial charge in [-0.05, 0) is 48.5 Å². The standard InChI is InChI=1S/C25H28N6O6S/c1-16(2)25(32)27-18-6-8-19(9-7-18)38(33,34)26-13-14-37-23-12-11-22-28-29-24(31(22)30-23)17-5-10-20(35-3)21(15-17)36-4/h5-12,15-16,26H,13-14H2,1-4H3,(H,27,32). The first kappa shape index (κ1) is 26.8. The first-order valence-electron chi connectivity index (χ1n) is 11.7. The molecule has 1 amide bonds. The molecule has 0 unspecified atom stereocenters. The van der Waals surface area contributed by atoms with E-state index in [1.807, 2.05) is 6.07 Å². The van der Waals surface area contributed by atoms with Gasteiger partial charge in [-0.1, -0.05) is 13.8 Å². The van der Waals surface area contributed by atoms with Crippen LogP contribution in [0.15, 0.2) is 59.5 Å². The van der Waals surface area contributed by atoms with Crippen molar-refractivity contribution in [2.75, 3.05) is 32.7 Å². The van der Waals surface area contributed by atoms with Gasteiger partial charge < -0.3 is 19.5 Å². The molecule has 0 radical (unpaired) electrons. The number of benzene rings is 2. The van der Waals surface area contributed by atoms with Crippen molar-refractivity contribution in [2.45, 2.75) is 18.7 Å². The van der Waals surface area contributed by atoms with Gasteiger partial charge >= 0.3 is 0 Å². The van der Waals surface area contributed by atoms with E-state index in [0.29, 0.717) is 34.2 Å². The molecule has 2 aromatic carbocycles. The molecule has 0 saturated carbocycles. The molecule has 38 heavy (non-hydrogen) atoms. The first-order chi connectivity index (χ1) is 18.2. The molecule has 0 aliphatic carbocycles. The molecule has 200 valence electrons. The minimum Gasteiger partial charge on any atom is -0.493 e. The number of carbonyl (C=O) groups is 1. The number of methoxy groups -OCH3 is 2. The molecular weight excluding hydrogens is 512 g/mol. The van der Waals surface area contributed by atoms with Crippen molar-refractivity contribution in [1.82, 2.24) is 24.5 Å². The number of nitrogens with one attached hydrogen (secondary N) is 2. The predicted octanol–water partition coefficient (Wildman–Crippen LogP) is 2.76. The minimum absolute atomic E-state index is 0.0125. The fraction of sp³-hybridized carbons (Fsp3) is 0.280. The summed E-state index contributed by atoms with van der Waals surface area (Å²) in [7, 11) is -0.666. The number of anilines is 1. The Morgan fingerprint density at radius 1 is 0.974 bits per heavy atom. The first-order valence-corrected chi connectivity index (χ1v) is 13.2. The van der Waals surface area contributed by atoms with Gasteiger partial charge in [-0.25, -0.2) is 13.1 Å². The maximum Gasteiger partial charge on any atom is 0.240 e. The van der Waals surface area contributed by atoms with Crippen LogP contribution in [0.4, 0.5) is 5.69 Å². The zero-order valence-corrected chi connectivity index (χ0v) is 22.2. The van der Waals surface area contributed by atoms with Gasteiger partial charge in [0.15, 0.2) is 23.0 Å². The van der Waals surface area contributed by atoms with E-state index in [-0.39, 0.29) is 35.8 Å². The van der Waals surface area contributed by atoms with Gasteiger partial charge in [-0.3, -0.25) is 4.79 Å². The normalized spacial score (nSPS) is 11.5. The lowest BCUT2D eigenvalue weighted by Crippen LogP contribution is -2.28. The van der Waals surface area contributed by atoms with Gasteiger partial charge in [0.25, 0.3) is 0 Å². The molecule has 2 N–H and O–H groups in total. The Morgan fingerprint density at radius 3 is 2.39 bits per heavy atom. The van der Waals surface area contributed by atoms with E-state index >= 15 is 0 Å². The van der Waals surface area contributed by atoms with Crippen molar-refractivity contribution in [3.05, 3.63) is 54.6 Å². The average molecular weight is 541 g/mol. The number of rotatable bonds is 11. The molecule has 12 nitrogen and oxygen atoms in total. The summed E-state index contributed by atoms with van der Waals surface area (Å²) in [5.41, 5.74) is 1.74. The number of ether oxygens (including phenoxy) is 3. The van der Waals surface area contributed by atoms with Crippen LogP contribution in [-0.4, -0.2) is 61.5 Å². The van der Waals surface area contributed by atoms with E-state index < -0.39 is 10.0 Å². The van der Waals surface area contributed by atoms with Crippen LogP contribution in [0.25, 0.3) is 17.0 Å². The molecule has 0 saturated heterocycles. The van der Waals surface area contributed by atoms with E-state index in [1.54, 1.807) is 64.5 Å². The summed E-state index contributed by atoms with van der Waals surface area (Å²) in [6, 6.07) is 14.6. The average Bonchev–Trinajstić information content (AvgIpc) is 3.34. The number of nitrogens with zero attached hydrogens (tertiary/aromatic N) is 4. The monoisotopic (exact) mass is 540 g/mol. The highest BCUT2D eigenvalue weighted by Gasteiger charge is 2.16. The quantitative estimate of drug-likeness (QED) is 0.274. The van der Waals surface area contributed by atoms with E-state index in [1.165, 1.54) is 16.6 Å². The van der Waals surface area contributed by atoms with Gasteiger partial charge in [0.2, 0.25) is 21.8 Å². The molecule has 0 aliphatic heterocycles. The summed E-state index contributed by atoms with van der Waals surface area (Å²) in [4.78, 5) is 11.9. The number of fused-ring (bicyclic) bond motifs is 1. The number of sulfonamides is 1. The van der Waals surface area contributed by atoms with E-state index in [2.05, 4.69) is 25.3 Å². The third-order valence-corrected chi connectivity index (χ3v) is 6.96. The number of hydrogen-bond donors (Lipinski definition) is 2. The van der Waals surface area contributed by atoms with Crippen molar-refractivity contribution in [3.8, 4) is 28.8 Å². The van der Waals surface area contributed by atoms with Crippen LogP contribution in [0.3, 0.4) is 0 Å². The van der Waals surface area contributed by atoms with Gasteiger partial charge in [-0.2, -0.15) is 4.52 Å². The number of hydrogen-bond acceptors (Lipinski definition) is 9. The zero-order chi connectivity index (χ0) is 27.3. The molecule has 13 heteroatoms. The molecule has 4 rings (SSSR count). The van der Waals surface area contributed by atoms with E-state index in [0.717, 1.165) is 0 Å². The lowest BCUT2D eigenvalue weighted by atomic mass is 10.2. The van der Waals surface area contributed by atoms with Crippen LogP contribution in [-0.2, 0) is 14.8 Å². The molecule has 0 bridgehead atoms. The highest BCUT2D eigenvalue weighted by atomic mass is 32.2. The Bertz CT molecular complexity index is 1540. The smallest absolute Gasteiger partial charge is 0.240 e. The summed E-state index contributed by atoms with van der Waals surface area (Å²) in [6.45, 7) is 3.60. The third kappa shape index (κ3) is 6.01. The second-order valence-corrected chi connectivity index (χ2v) is 10.2. The summed E-state index contributed by atoms with van der Waals surface area (Å²) >= 11 is 0. The van der Waals surface area contributed by atoms with Crippen LogP contribution < -0.4 is 24.2 Å². The predicted molar refractivity (Wildman–Crippen MR) is 140 cm³/mol. The zero-order valence-electron chi connectivity index (χ0n) is 21.3. The van der Waals surface area contributed by atoms with Crippen molar-refractivity contribution in [3.63, 3.8) is 0 Å². The van der Waals surface area contributed by atoms with Gasteiger partial charge in [-0.15, -0.1) is 15.3 Å². The third-order valence-electron chi connectivity index (χ3n) is 5.48. The molecule has 2 aromatic heterocycles. The number of carbonyl (C=O) groups excluding carboxylic acids is 1. The van der Waals surface area contributed by atoms with Gasteiger partial charge in [0, 0.05) is 29.8 Å². The Kier molecular flexibility index (Phi) is 8.08. The van der Waals surface area contributed by atoms with E-state index in [4.69, 9.17) is 14.2 Å². The van der Waals surface area contributed by atoms with Gasteiger partial charge in [0.05, 0.1) is 19.1 Å². The molecule has 2 heterocycles. The van der Waals surface area contributed by atoms with Crippen LogP contribution in [0.1, 0.15) is 13.8 Å². The van der Waals surface area contributed by atoms with Crippen molar-refractivity contribution < 1.29 is 27.4 Å². The van der Waals surface area contributed by atoms with Crippen molar-refractivity contribution in [2.24, 2.45) is 5.92 Å². The van der Waals surface area contributed by atoms with E-state index in [9.17, 15) is 13.2 Å². The lowest BCUT2D eigenvalue weighted by Gasteiger charge is -2.10. The topological polar surface area (TPSA) is 146 Å². The molecule has 0 aliphatic rings. The van der Waals surface area contributed by atoms with Crippen LogP contribution in [0.5, 0.6) is 17.4 Å². The molecule has 0 spiro atoms. The second-order valence-electron chi connectivity index (χ2n) is 8.45. The van der Waals surface area contributed by atoms with Crippen LogP contribution >= 0.6 is 0 Å². The fourth-order valence-electron chi connectivity index (χ4n) is 3.42. The Morgan fingerprint density at radius 2 is 1.71 bits per heavy atom. The Labute approximate surface area is 220 Å². The second kappa shape index (κ2) is 11.4. The largest absolute Gasteiger partial charge is 0.493 e. The lowest BCUT2D eigenvalue weighted by molar-refractivity contribution is -0.118. The summed E-state index contributed by atoms with van der Waals surface area (Å²) < 4.78 is 45.6. The van der Waals surface area contributed by atoms with Crippen LogP contribution in [0, 0.1) is 5.92 Å². The number of aromatic nitrogens is 4. The molecule has 0 atom stereocenters. The molecule has 4 aromatic rings. The maximum atomic E-state index is 12.6. The highest BCUT2D eigenvalue weighted by molar-refractivity contribution is 7.89. The summed E-state index contributed by atoms with van der Waals surface area (Å²) in [5.74, 6) is 1.53. The Balaban J connectivity index is 1.39. The Hall–Kier alpha value is -4.23.